The third-order valence-electron chi connectivity index (χ3n) is 5.13. The van der Waals surface area contributed by atoms with Gasteiger partial charge in [0.25, 0.3) is 0 Å². The van der Waals surface area contributed by atoms with E-state index in [0.29, 0.717) is 5.92 Å². The predicted molar refractivity (Wildman–Crippen MR) is 81.5 cm³/mol. The summed E-state index contributed by atoms with van der Waals surface area (Å²) >= 11 is 0. The van der Waals surface area contributed by atoms with Crippen LogP contribution in [0.1, 0.15) is 38.4 Å². The Bertz CT molecular complexity index is 517. The molecule has 1 aromatic heterocycles. The maximum atomic E-state index is 9.62. The molecule has 21 heavy (non-hydrogen) atoms. The number of fused-ring (bicyclic) bond motifs is 1. The normalized spacial score (nSPS) is 29.2. The van der Waals surface area contributed by atoms with Gasteiger partial charge in [0.05, 0.1) is 12.6 Å². The maximum Gasteiger partial charge on any atom is 0.122 e. The fourth-order valence-corrected chi connectivity index (χ4v) is 3.96. The monoisotopic (exact) mass is 287 g/mol. The van der Waals surface area contributed by atoms with Gasteiger partial charge in [0, 0.05) is 25.5 Å². The van der Waals surface area contributed by atoms with Crippen LogP contribution in [0.2, 0.25) is 0 Å². The lowest BCUT2D eigenvalue weighted by molar-refractivity contribution is 0.187. The van der Waals surface area contributed by atoms with Gasteiger partial charge in [0.15, 0.2) is 0 Å². The summed E-state index contributed by atoms with van der Waals surface area (Å²) in [7, 11) is 0. The molecule has 2 heterocycles. The van der Waals surface area contributed by atoms with E-state index < -0.39 is 0 Å². The van der Waals surface area contributed by atoms with Gasteiger partial charge in [-0.05, 0) is 38.3 Å². The molecule has 0 bridgehead atoms. The summed E-state index contributed by atoms with van der Waals surface area (Å²) in [5.41, 5.74) is -0.275. The number of hydrogen-bond acceptors (Lipinski definition) is 4. The molecule has 0 radical (unpaired) electrons. The highest BCUT2D eigenvalue weighted by atomic mass is 15.2. The third-order valence-corrected chi connectivity index (χ3v) is 5.13. The first-order chi connectivity index (χ1) is 10.3. The second-order valence-electron chi connectivity index (χ2n) is 6.30. The third kappa shape index (κ3) is 2.83. The van der Waals surface area contributed by atoms with Crippen LogP contribution in [0, 0.1) is 17.2 Å². The number of hydrogen-bond donors (Lipinski definition) is 1. The second kappa shape index (κ2) is 6.17. The quantitative estimate of drug-likeness (QED) is 0.896. The van der Waals surface area contributed by atoms with Crippen LogP contribution in [0.15, 0.2) is 12.4 Å². The molecular formula is C16H25N5. The number of aromatic nitrogens is 2. The molecule has 1 saturated carbocycles. The molecule has 5 heteroatoms. The Balaban J connectivity index is 1.57. The van der Waals surface area contributed by atoms with E-state index in [1.807, 2.05) is 6.20 Å². The summed E-state index contributed by atoms with van der Waals surface area (Å²) in [6.45, 7) is 7.13. The highest BCUT2D eigenvalue weighted by Crippen LogP contribution is 2.37. The molecule has 2 atom stereocenters. The number of rotatable bonds is 5. The molecule has 5 nitrogen and oxygen atoms in total. The first-order valence-corrected chi connectivity index (χ1v) is 8.16. The van der Waals surface area contributed by atoms with Crippen LogP contribution in [0.25, 0.3) is 0 Å². The second-order valence-corrected chi connectivity index (χ2v) is 6.30. The molecule has 0 amide bonds. The molecule has 1 aromatic rings. The van der Waals surface area contributed by atoms with Crippen molar-refractivity contribution in [2.75, 3.05) is 19.6 Å². The smallest absolute Gasteiger partial charge is 0.122 e. The first kappa shape index (κ1) is 14.6. The summed E-state index contributed by atoms with van der Waals surface area (Å²) in [6, 6.07) is 2.58. The lowest BCUT2D eigenvalue weighted by Crippen LogP contribution is -2.48. The van der Waals surface area contributed by atoms with Crippen molar-refractivity contribution in [1.29, 1.82) is 5.26 Å². The van der Waals surface area contributed by atoms with E-state index in [1.54, 1.807) is 0 Å². The standard InChI is InChI=1S/C16H25N5/c1-2-19-16(13-17)6-3-4-14(16)5-8-20-10-11-21-9-7-18-15(21)12-20/h7,9,14,19H,2-6,8,10-12H2,1H3. The number of imidazole rings is 1. The molecule has 1 aliphatic heterocycles. The van der Waals surface area contributed by atoms with E-state index in [0.717, 1.165) is 45.6 Å². The van der Waals surface area contributed by atoms with E-state index in [1.165, 1.54) is 18.7 Å². The van der Waals surface area contributed by atoms with E-state index >= 15 is 0 Å². The molecule has 0 saturated heterocycles. The van der Waals surface area contributed by atoms with Gasteiger partial charge in [-0.3, -0.25) is 10.2 Å². The zero-order chi connectivity index (χ0) is 14.7. The molecule has 1 fully saturated rings. The minimum absolute atomic E-state index is 0.275. The van der Waals surface area contributed by atoms with Gasteiger partial charge in [-0.1, -0.05) is 13.3 Å². The first-order valence-electron chi connectivity index (χ1n) is 8.16. The van der Waals surface area contributed by atoms with Crippen molar-refractivity contribution in [3.05, 3.63) is 18.2 Å². The van der Waals surface area contributed by atoms with Crippen molar-refractivity contribution < 1.29 is 0 Å². The average molecular weight is 287 g/mol. The summed E-state index contributed by atoms with van der Waals surface area (Å²) in [4.78, 5) is 6.90. The Morgan fingerprint density at radius 1 is 1.52 bits per heavy atom. The summed E-state index contributed by atoms with van der Waals surface area (Å²) in [5, 5.41) is 13.1. The highest BCUT2D eigenvalue weighted by Gasteiger charge is 2.42. The molecule has 1 N–H and O–H groups in total. The molecule has 2 unspecified atom stereocenters. The summed E-state index contributed by atoms with van der Waals surface area (Å²) in [6.07, 6.45) is 8.43. The average Bonchev–Trinajstić information content (AvgIpc) is 3.12. The van der Waals surface area contributed by atoms with Gasteiger partial charge in [-0.2, -0.15) is 5.26 Å². The number of nitriles is 1. The minimum Gasteiger partial charge on any atom is -0.333 e. The van der Waals surface area contributed by atoms with Crippen molar-refractivity contribution in [3.8, 4) is 6.07 Å². The lowest BCUT2D eigenvalue weighted by Gasteiger charge is -2.33. The van der Waals surface area contributed by atoms with E-state index in [9.17, 15) is 5.26 Å². The Labute approximate surface area is 127 Å². The van der Waals surface area contributed by atoms with Gasteiger partial charge in [-0.25, -0.2) is 4.98 Å². The van der Waals surface area contributed by atoms with Crippen molar-refractivity contribution in [2.45, 2.75) is 51.2 Å². The van der Waals surface area contributed by atoms with E-state index in [2.05, 4.69) is 39.0 Å². The molecule has 1 aliphatic carbocycles. The van der Waals surface area contributed by atoms with Crippen molar-refractivity contribution >= 4 is 0 Å². The Morgan fingerprint density at radius 2 is 2.43 bits per heavy atom. The van der Waals surface area contributed by atoms with E-state index in [-0.39, 0.29) is 5.54 Å². The van der Waals surface area contributed by atoms with Gasteiger partial charge in [-0.15, -0.1) is 0 Å². The zero-order valence-electron chi connectivity index (χ0n) is 12.9. The predicted octanol–water partition coefficient (Wildman–Crippen LogP) is 1.76. The molecule has 114 valence electrons. The molecule has 0 spiro atoms. The molecule has 0 aromatic carbocycles. The van der Waals surface area contributed by atoms with Gasteiger partial charge < -0.3 is 4.57 Å². The number of nitrogens with one attached hydrogen (secondary N) is 1. The Morgan fingerprint density at radius 3 is 3.24 bits per heavy atom. The fraction of sp³-hybridized carbons (Fsp3) is 0.750. The Kier molecular flexibility index (Phi) is 4.27. The van der Waals surface area contributed by atoms with Crippen molar-refractivity contribution in [2.24, 2.45) is 5.92 Å². The highest BCUT2D eigenvalue weighted by molar-refractivity contribution is 5.14. The largest absolute Gasteiger partial charge is 0.333 e. The van der Waals surface area contributed by atoms with Crippen LogP contribution in [0.4, 0.5) is 0 Å². The zero-order valence-corrected chi connectivity index (χ0v) is 12.9. The topological polar surface area (TPSA) is 56.9 Å². The summed E-state index contributed by atoms with van der Waals surface area (Å²) in [5.74, 6) is 1.66. The number of nitrogens with zero attached hydrogens (tertiary/aromatic N) is 4. The van der Waals surface area contributed by atoms with Crippen LogP contribution >= 0.6 is 0 Å². The SMILES string of the molecule is CCNC1(C#N)CCCC1CCN1CCn2ccnc2C1. The Hall–Kier alpha value is -1.38. The van der Waals surface area contributed by atoms with E-state index in [4.69, 9.17) is 0 Å². The van der Waals surface area contributed by atoms with Crippen molar-refractivity contribution in [3.63, 3.8) is 0 Å². The van der Waals surface area contributed by atoms with Crippen LogP contribution in [0.5, 0.6) is 0 Å². The van der Waals surface area contributed by atoms with Crippen LogP contribution < -0.4 is 5.32 Å². The van der Waals surface area contributed by atoms with Gasteiger partial charge in [0.2, 0.25) is 0 Å². The molecular weight excluding hydrogens is 262 g/mol. The van der Waals surface area contributed by atoms with Gasteiger partial charge in [0.1, 0.15) is 11.4 Å². The molecule has 3 rings (SSSR count). The van der Waals surface area contributed by atoms with Crippen LogP contribution in [0.3, 0.4) is 0 Å². The van der Waals surface area contributed by atoms with Crippen LogP contribution in [-0.4, -0.2) is 39.6 Å². The fourth-order valence-electron chi connectivity index (χ4n) is 3.96. The van der Waals surface area contributed by atoms with Crippen LogP contribution in [-0.2, 0) is 13.1 Å². The maximum absolute atomic E-state index is 9.62. The van der Waals surface area contributed by atoms with Gasteiger partial charge >= 0.3 is 0 Å². The minimum atomic E-state index is -0.275. The summed E-state index contributed by atoms with van der Waals surface area (Å²) < 4.78 is 2.24. The lowest BCUT2D eigenvalue weighted by atomic mass is 9.85. The molecule has 2 aliphatic rings. The van der Waals surface area contributed by atoms with Crippen molar-refractivity contribution in [1.82, 2.24) is 19.8 Å².